The van der Waals surface area contributed by atoms with Crippen molar-refractivity contribution < 1.29 is 0 Å². The number of unbranched alkanes of at least 4 members (excludes halogenated alkanes) is 2. The molecule has 0 aromatic heterocycles. The fourth-order valence-corrected chi connectivity index (χ4v) is 3.04. The van der Waals surface area contributed by atoms with Gasteiger partial charge in [-0.2, -0.15) is 0 Å². The highest BCUT2D eigenvalue weighted by molar-refractivity contribution is 6.33. The summed E-state index contributed by atoms with van der Waals surface area (Å²) in [5, 5.41) is 4.41. The third-order valence-corrected chi connectivity index (χ3v) is 4.45. The molecule has 2 rings (SSSR count). The average molecular weight is 310 g/mol. The summed E-state index contributed by atoms with van der Waals surface area (Å²) in [5.41, 5.74) is 1.18. The van der Waals surface area contributed by atoms with Crippen molar-refractivity contribution in [3.8, 4) is 0 Å². The van der Waals surface area contributed by atoms with Crippen LogP contribution in [0.5, 0.6) is 0 Å². The first-order valence-electron chi connectivity index (χ1n) is 8.24. The number of benzene rings is 1. The molecule has 1 N–H and O–H groups in total. The van der Waals surface area contributed by atoms with Crippen molar-refractivity contribution in [2.24, 2.45) is 0 Å². The van der Waals surface area contributed by atoms with Crippen molar-refractivity contribution in [1.82, 2.24) is 10.2 Å². The first-order chi connectivity index (χ1) is 10.3. The number of piperazine rings is 1. The van der Waals surface area contributed by atoms with Gasteiger partial charge in [0.2, 0.25) is 0 Å². The van der Waals surface area contributed by atoms with Gasteiger partial charge in [0.15, 0.2) is 0 Å². The van der Waals surface area contributed by atoms with E-state index in [9.17, 15) is 0 Å². The molecule has 0 amide bonds. The van der Waals surface area contributed by atoms with E-state index < -0.39 is 0 Å². The lowest BCUT2D eigenvalue weighted by Gasteiger charge is -2.36. The van der Waals surface area contributed by atoms with Gasteiger partial charge in [0.05, 0.1) is 10.7 Å². The lowest BCUT2D eigenvalue weighted by Crippen LogP contribution is -2.48. The number of rotatable bonds is 8. The molecule has 118 valence electrons. The van der Waals surface area contributed by atoms with E-state index in [1.165, 1.54) is 24.9 Å². The number of nitrogens with zero attached hydrogens (tertiary/aromatic N) is 2. The number of hydrogen-bond donors (Lipinski definition) is 1. The standard InChI is InChI=1S/C17H28ClN3/c1-2-3-6-9-19-10-11-20-12-14-21(15-13-20)17-8-5-4-7-16(17)18/h4-5,7-8,19H,2-3,6,9-15H2,1H3. The molecule has 1 heterocycles. The zero-order chi connectivity index (χ0) is 14.9. The second-order valence-corrected chi connectivity index (χ2v) is 6.14. The van der Waals surface area contributed by atoms with E-state index in [1.807, 2.05) is 12.1 Å². The van der Waals surface area contributed by atoms with Crippen LogP contribution in [0.2, 0.25) is 5.02 Å². The van der Waals surface area contributed by atoms with Gasteiger partial charge in [-0.1, -0.05) is 43.5 Å². The fraction of sp³-hybridized carbons (Fsp3) is 0.647. The summed E-state index contributed by atoms with van der Waals surface area (Å²) < 4.78 is 0. The SMILES string of the molecule is CCCCCNCCN1CCN(c2ccccc2Cl)CC1. The monoisotopic (exact) mass is 309 g/mol. The van der Waals surface area contributed by atoms with Gasteiger partial charge in [-0.25, -0.2) is 0 Å². The van der Waals surface area contributed by atoms with Crippen LogP contribution in [0.25, 0.3) is 0 Å². The van der Waals surface area contributed by atoms with Crippen molar-refractivity contribution >= 4 is 17.3 Å². The Bertz CT molecular complexity index is 403. The molecule has 1 saturated heterocycles. The van der Waals surface area contributed by atoms with Gasteiger partial charge in [0.25, 0.3) is 0 Å². The van der Waals surface area contributed by atoms with Crippen LogP contribution in [0.4, 0.5) is 5.69 Å². The zero-order valence-corrected chi connectivity index (χ0v) is 13.9. The molecule has 0 radical (unpaired) electrons. The quantitative estimate of drug-likeness (QED) is 0.744. The Morgan fingerprint density at radius 2 is 1.81 bits per heavy atom. The highest BCUT2D eigenvalue weighted by Crippen LogP contribution is 2.25. The van der Waals surface area contributed by atoms with Gasteiger partial charge in [0, 0.05) is 39.3 Å². The topological polar surface area (TPSA) is 18.5 Å². The van der Waals surface area contributed by atoms with Gasteiger partial charge in [-0.3, -0.25) is 4.90 Å². The van der Waals surface area contributed by atoms with E-state index in [0.29, 0.717) is 0 Å². The molecule has 0 unspecified atom stereocenters. The molecule has 1 aliphatic heterocycles. The van der Waals surface area contributed by atoms with Crippen LogP contribution in [0, 0.1) is 0 Å². The summed E-state index contributed by atoms with van der Waals surface area (Å²) in [4.78, 5) is 4.94. The van der Waals surface area contributed by atoms with Crippen molar-refractivity contribution in [3.05, 3.63) is 29.3 Å². The predicted molar refractivity (Wildman–Crippen MR) is 92.5 cm³/mol. The van der Waals surface area contributed by atoms with E-state index in [2.05, 4.69) is 34.2 Å². The van der Waals surface area contributed by atoms with E-state index in [0.717, 1.165) is 50.8 Å². The van der Waals surface area contributed by atoms with Crippen LogP contribution < -0.4 is 10.2 Å². The van der Waals surface area contributed by atoms with Gasteiger partial charge < -0.3 is 10.2 Å². The largest absolute Gasteiger partial charge is 0.368 e. The summed E-state index contributed by atoms with van der Waals surface area (Å²) >= 11 is 6.27. The van der Waals surface area contributed by atoms with Gasteiger partial charge in [-0.15, -0.1) is 0 Å². The lowest BCUT2D eigenvalue weighted by molar-refractivity contribution is 0.257. The number of hydrogen-bond acceptors (Lipinski definition) is 3. The summed E-state index contributed by atoms with van der Waals surface area (Å²) in [5.74, 6) is 0. The summed E-state index contributed by atoms with van der Waals surface area (Å²) in [7, 11) is 0. The molecule has 21 heavy (non-hydrogen) atoms. The third kappa shape index (κ3) is 5.50. The normalized spacial score (nSPS) is 16.4. The van der Waals surface area contributed by atoms with Crippen LogP contribution in [0.1, 0.15) is 26.2 Å². The van der Waals surface area contributed by atoms with Crippen LogP contribution >= 0.6 is 11.6 Å². The Hall–Kier alpha value is -0.770. The number of para-hydroxylation sites is 1. The minimum absolute atomic E-state index is 0.864. The zero-order valence-electron chi connectivity index (χ0n) is 13.2. The fourth-order valence-electron chi connectivity index (χ4n) is 2.78. The molecule has 1 aromatic rings. The maximum Gasteiger partial charge on any atom is 0.0639 e. The van der Waals surface area contributed by atoms with Crippen LogP contribution in [-0.2, 0) is 0 Å². The molecule has 3 nitrogen and oxygen atoms in total. The second kappa shape index (κ2) is 9.29. The van der Waals surface area contributed by atoms with Gasteiger partial charge >= 0.3 is 0 Å². The smallest absolute Gasteiger partial charge is 0.0639 e. The number of anilines is 1. The molecule has 0 spiro atoms. The molecule has 0 aliphatic carbocycles. The molecular formula is C17H28ClN3. The minimum atomic E-state index is 0.864. The summed E-state index contributed by atoms with van der Waals surface area (Å²) in [6, 6.07) is 8.15. The van der Waals surface area contributed by atoms with Crippen molar-refractivity contribution in [3.63, 3.8) is 0 Å². The number of halogens is 1. The first-order valence-corrected chi connectivity index (χ1v) is 8.61. The third-order valence-electron chi connectivity index (χ3n) is 4.13. The van der Waals surface area contributed by atoms with E-state index in [1.54, 1.807) is 0 Å². The Labute approximate surface area is 134 Å². The predicted octanol–water partition coefficient (Wildman–Crippen LogP) is 3.24. The van der Waals surface area contributed by atoms with E-state index >= 15 is 0 Å². The Balaban J connectivity index is 1.63. The first kappa shape index (κ1) is 16.6. The Morgan fingerprint density at radius 1 is 1.05 bits per heavy atom. The molecule has 1 aromatic carbocycles. The molecule has 0 bridgehead atoms. The van der Waals surface area contributed by atoms with Crippen molar-refractivity contribution in [2.75, 3.05) is 50.7 Å². The van der Waals surface area contributed by atoms with Crippen LogP contribution in [0.15, 0.2) is 24.3 Å². The Morgan fingerprint density at radius 3 is 2.52 bits per heavy atom. The second-order valence-electron chi connectivity index (χ2n) is 5.74. The summed E-state index contributed by atoms with van der Waals surface area (Å²) in [6.07, 6.45) is 3.94. The van der Waals surface area contributed by atoms with Gasteiger partial charge in [-0.05, 0) is 25.1 Å². The lowest BCUT2D eigenvalue weighted by atomic mass is 10.2. The van der Waals surface area contributed by atoms with Crippen molar-refractivity contribution in [1.29, 1.82) is 0 Å². The maximum atomic E-state index is 6.27. The van der Waals surface area contributed by atoms with Crippen LogP contribution in [-0.4, -0.2) is 50.7 Å². The molecular weight excluding hydrogens is 282 g/mol. The molecule has 1 aliphatic rings. The highest BCUT2D eigenvalue weighted by Gasteiger charge is 2.17. The maximum absolute atomic E-state index is 6.27. The van der Waals surface area contributed by atoms with Gasteiger partial charge in [0.1, 0.15) is 0 Å². The molecule has 1 fully saturated rings. The van der Waals surface area contributed by atoms with E-state index in [4.69, 9.17) is 11.6 Å². The highest BCUT2D eigenvalue weighted by atomic mass is 35.5. The summed E-state index contributed by atoms with van der Waals surface area (Å²) in [6.45, 7) is 10.1. The molecule has 4 heteroatoms. The Kier molecular flexibility index (Phi) is 7.34. The van der Waals surface area contributed by atoms with Crippen LogP contribution in [0.3, 0.4) is 0 Å². The molecule has 0 saturated carbocycles. The minimum Gasteiger partial charge on any atom is -0.368 e. The number of nitrogens with one attached hydrogen (secondary N) is 1. The van der Waals surface area contributed by atoms with E-state index in [-0.39, 0.29) is 0 Å². The average Bonchev–Trinajstić information content (AvgIpc) is 2.52. The van der Waals surface area contributed by atoms with Crippen molar-refractivity contribution in [2.45, 2.75) is 26.2 Å². The molecule has 0 atom stereocenters.